The molecule has 1 aromatic rings. The van der Waals surface area contributed by atoms with Crippen LogP contribution in [0.3, 0.4) is 0 Å². The molecule has 0 bridgehead atoms. The molecule has 0 aromatic heterocycles. The molecule has 0 spiro atoms. The van der Waals surface area contributed by atoms with E-state index in [1.54, 1.807) is 6.92 Å². The summed E-state index contributed by atoms with van der Waals surface area (Å²) < 4.78 is 0. The van der Waals surface area contributed by atoms with Crippen LogP contribution in [-0.4, -0.2) is 5.78 Å². The molecule has 1 nitrogen and oxygen atoms in total. The molecule has 0 amide bonds. The predicted octanol–water partition coefficient (Wildman–Crippen LogP) is 2.53. The Morgan fingerprint density at radius 1 is 1.20 bits per heavy atom. The molecule has 0 atom stereocenters. The van der Waals surface area contributed by atoms with Crippen LogP contribution in [0.4, 0.5) is 0 Å². The summed E-state index contributed by atoms with van der Waals surface area (Å²) in [6, 6.07) is 9.23. The van der Waals surface area contributed by atoms with Crippen LogP contribution in [-0.2, 0) is 0 Å². The topological polar surface area (TPSA) is 17.1 Å². The van der Waals surface area contributed by atoms with Gasteiger partial charge in [0.2, 0.25) is 0 Å². The highest BCUT2D eigenvalue weighted by Gasteiger charge is 1.92. The lowest BCUT2D eigenvalue weighted by molar-refractivity contribution is 0.101. The summed E-state index contributed by atoms with van der Waals surface area (Å²) in [5, 5.41) is 0. The van der Waals surface area contributed by atoms with E-state index in [4.69, 9.17) is 0 Å². The summed E-state index contributed by atoms with van der Waals surface area (Å²) in [4.78, 5) is 10.6. The Hall–Kier alpha value is -1.11. The minimum atomic E-state index is 0. The third-order valence-electron chi connectivity index (χ3n) is 1.18. The van der Waals surface area contributed by atoms with Crippen molar-refractivity contribution in [1.29, 1.82) is 0 Å². The van der Waals surface area contributed by atoms with Gasteiger partial charge in [0.15, 0.2) is 5.78 Å². The smallest absolute Gasteiger partial charge is 0.159 e. The zero-order valence-corrected chi connectivity index (χ0v) is 5.29. The molecule has 1 heteroatoms. The van der Waals surface area contributed by atoms with Crippen LogP contribution in [0.5, 0.6) is 0 Å². The summed E-state index contributed by atoms with van der Waals surface area (Å²) in [6.07, 6.45) is 0. The normalized spacial score (nSPS) is 8.10. The van der Waals surface area contributed by atoms with Gasteiger partial charge in [0, 0.05) is 5.56 Å². The molecule has 0 unspecified atom stereocenters. The van der Waals surface area contributed by atoms with Crippen LogP contribution in [0.25, 0.3) is 0 Å². The predicted molar refractivity (Wildman–Crippen MR) is 43.2 cm³/mol. The fourth-order valence-corrected chi connectivity index (χ4v) is 0.673. The quantitative estimate of drug-likeness (QED) is 0.542. The van der Waals surface area contributed by atoms with Gasteiger partial charge in [-0.15, -0.1) is 0 Å². The van der Waals surface area contributed by atoms with Crippen molar-refractivity contribution in [2.45, 2.75) is 14.4 Å². The van der Waals surface area contributed by atoms with E-state index >= 15 is 0 Å². The van der Waals surface area contributed by atoms with Crippen LogP contribution in [0.2, 0.25) is 0 Å². The monoisotopic (exact) mass is 136 g/mol. The first-order valence-corrected chi connectivity index (χ1v) is 2.86. The van der Waals surface area contributed by atoms with Crippen molar-refractivity contribution >= 4 is 5.78 Å². The average Bonchev–Trinajstić information content (AvgIpc) is 1.90. The van der Waals surface area contributed by atoms with E-state index in [-0.39, 0.29) is 13.2 Å². The molecule has 54 valence electrons. The number of Topliss-reactive ketones (excluding diaryl/α,β-unsaturated/α-hetero) is 1. The van der Waals surface area contributed by atoms with Crippen molar-refractivity contribution in [3.8, 4) is 0 Å². The summed E-state index contributed by atoms with van der Waals surface area (Å²) in [7, 11) is 0. The molecular weight excluding hydrogens is 124 g/mol. The molecule has 0 heterocycles. The molecule has 0 fully saturated rings. The zero-order valence-electron chi connectivity index (χ0n) is 5.29. The van der Waals surface area contributed by atoms with E-state index in [0.717, 1.165) is 5.56 Å². The summed E-state index contributed by atoms with van der Waals surface area (Å²) in [5.74, 6) is 0.121. The first-order valence-electron chi connectivity index (χ1n) is 2.86. The average molecular weight is 136 g/mol. The second kappa shape index (κ2) is 3.83. The van der Waals surface area contributed by atoms with Crippen molar-refractivity contribution in [1.82, 2.24) is 0 Å². The zero-order chi connectivity index (χ0) is 6.69. The van der Waals surface area contributed by atoms with Crippen LogP contribution in [0.1, 0.15) is 24.7 Å². The van der Waals surface area contributed by atoms with E-state index in [2.05, 4.69) is 0 Å². The molecule has 0 N–H and O–H groups in total. The second-order valence-corrected chi connectivity index (χ2v) is 1.92. The van der Waals surface area contributed by atoms with E-state index in [1.807, 2.05) is 30.3 Å². The van der Waals surface area contributed by atoms with Gasteiger partial charge in [-0.1, -0.05) is 37.8 Å². The number of hydrogen-bond donors (Lipinski definition) is 0. The maximum Gasteiger partial charge on any atom is 0.159 e. The molecule has 0 saturated carbocycles. The minimum Gasteiger partial charge on any atom is -0.295 e. The van der Waals surface area contributed by atoms with E-state index in [0.29, 0.717) is 0 Å². The summed E-state index contributed by atoms with van der Waals surface area (Å²) >= 11 is 0. The number of carbonyl (C=O) groups excluding carboxylic acids is 1. The maximum absolute atomic E-state index is 10.6. The second-order valence-electron chi connectivity index (χ2n) is 1.92. The fraction of sp³-hybridized carbons (Fsp3) is 0.222. The van der Waals surface area contributed by atoms with Gasteiger partial charge in [0.05, 0.1) is 0 Å². The van der Waals surface area contributed by atoms with Crippen molar-refractivity contribution in [2.24, 2.45) is 0 Å². The van der Waals surface area contributed by atoms with Crippen molar-refractivity contribution in [3.05, 3.63) is 35.9 Å². The molecule has 0 saturated heterocycles. The van der Waals surface area contributed by atoms with Gasteiger partial charge >= 0.3 is 0 Å². The highest BCUT2D eigenvalue weighted by Crippen LogP contribution is 1.97. The number of rotatable bonds is 1. The lowest BCUT2D eigenvalue weighted by Crippen LogP contribution is -1.88. The number of benzene rings is 1. The Balaban J connectivity index is 0.000000810. The summed E-state index contributed by atoms with van der Waals surface area (Å²) in [5.41, 5.74) is 0.775. The van der Waals surface area contributed by atoms with Gasteiger partial charge in [-0.3, -0.25) is 4.79 Å². The molecule has 1 rings (SSSR count). The van der Waals surface area contributed by atoms with Gasteiger partial charge in [0.25, 0.3) is 0 Å². The van der Waals surface area contributed by atoms with E-state index in [1.165, 1.54) is 0 Å². The molecule has 0 radical (unpaired) electrons. The molecule has 0 aliphatic heterocycles. The standard InChI is InChI=1S/C8H8O.CH4/c1-7(9)8-5-3-2-4-6-8;/h2-6H,1H3;1H4. The molecular formula is C9H12O. The first-order chi connectivity index (χ1) is 4.30. The van der Waals surface area contributed by atoms with Gasteiger partial charge in [-0.05, 0) is 6.92 Å². The van der Waals surface area contributed by atoms with Crippen LogP contribution >= 0.6 is 0 Å². The Morgan fingerprint density at radius 2 is 1.70 bits per heavy atom. The Labute approximate surface area is 61.7 Å². The van der Waals surface area contributed by atoms with Crippen molar-refractivity contribution in [3.63, 3.8) is 0 Å². The Bertz CT molecular complexity index is 201. The van der Waals surface area contributed by atoms with Crippen molar-refractivity contribution in [2.75, 3.05) is 0 Å². The fourth-order valence-electron chi connectivity index (χ4n) is 0.673. The van der Waals surface area contributed by atoms with Crippen LogP contribution in [0.15, 0.2) is 30.3 Å². The minimum absolute atomic E-state index is 0. The van der Waals surface area contributed by atoms with E-state index < -0.39 is 0 Å². The number of ketones is 1. The maximum atomic E-state index is 10.6. The molecule has 0 aliphatic rings. The van der Waals surface area contributed by atoms with Gasteiger partial charge in [-0.2, -0.15) is 0 Å². The molecule has 1 aromatic carbocycles. The Morgan fingerprint density at radius 3 is 2.00 bits per heavy atom. The number of hydrogen-bond acceptors (Lipinski definition) is 1. The van der Waals surface area contributed by atoms with Gasteiger partial charge < -0.3 is 0 Å². The summed E-state index contributed by atoms with van der Waals surface area (Å²) in [6.45, 7) is 1.56. The highest BCUT2D eigenvalue weighted by molar-refractivity contribution is 5.93. The van der Waals surface area contributed by atoms with E-state index in [9.17, 15) is 4.79 Å². The SMILES string of the molecule is C.CC(=O)c1ccccc1. The van der Waals surface area contributed by atoms with Gasteiger partial charge in [-0.25, -0.2) is 0 Å². The highest BCUT2D eigenvalue weighted by atomic mass is 16.1. The molecule has 0 aliphatic carbocycles. The Kier molecular flexibility index (Phi) is 3.40. The molecule has 10 heavy (non-hydrogen) atoms. The lowest BCUT2D eigenvalue weighted by atomic mass is 10.2. The number of carbonyl (C=O) groups is 1. The third kappa shape index (κ3) is 2.02. The third-order valence-corrected chi connectivity index (χ3v) is 1.18. The van der Waals surface area contributed by atoms with Crippen LogP contribution in [0, 0.1) is 0 Å². The van der Waals surface area contributed by atoms with Gasteiger partial charge in [0.1, 0.15) is 0 Å². The van der Waals surface area contributed by atoms with Crippen molar-refractivity contribution < 1.29 is 4.79 Å². The first kappa shape index (κ1) is 8.89. The van der Waals surface area contributed by atoms with Crippen LogP contribution < -0.4 is 0 Å². The lowest BCUT2D eigenvalue weighted by Gasteiger charge is -1.89. The largest absolute Gasteiger partial charge is 0.295 e.